The van der Waals surface area contributed by atoms with Crippen LogP contribution in [0.3, 0.4) is 0 Å². The smallest absolute Gasteiger partial charge is 0.260 e. The maximum absolute atomic E-state index is 12.3. The molecule has 6 nitrogen and oxygen atoms in total. The molecule has 0 bridgehead atoms. The number of hydrogen-bond donors (Lipinski definition) is 1. The van der Waals surface area contributed by atoms with Gasteiger partial charge < -0.3 is 19.7 Å². The first-order chi connectivity index (χ1) is 14.0. The van der Waals surface area contributed by atoms with Gasteiger partial charge in [-0.15, -0.1) is 0 Å². The largest absolute Gasteiger partial charge is 0.484 e. The topological polar surface area (TPSA) is 67.9 Å². The third kappa shape index (κ3) is 6.68. The molecule has 0 aliphatic carbocycles. The SMILES string of the molecule is Cc1ccc(OCC(=O)NC2CCN(C(=O)COc3ccc(Cl)cc3)CC2)cc1. The van der Waals surface area contributed by atoms with Crippen LogP contribution in [0.5, 0.6) is 11.5 Å². The molecule has 0 spiro atoms. The average Bonchev–Trinajstić information content (AvgIpc) is 2.73. The number of nitrogens with one attached hydrogen (secondary N) is 1. The Morgan fingerprint density at radius 2 is 1.52 bits per heavy atom. The minimum absolute atomic E-state index is 0.0109. The average molecular weight is 417 g/mol. The Labute approximate surface area is 175 Å². The van der Waals surface area contributed by atoms with Crippen molar-refractivity contribution in [3.8, 4) is 11.5 Å². The van der Waals surface area contributed by atoms with Crippen LogP contribution in [0, 0.1) is 6.92 Å². The number of ether oxygens (including phenoxy) is 2. The zero-order valence-corrected chi connectivity index (χ0v) is 17.2. The van der Waals surface area contributed by atoms with Crippen LogP contribution in [0.4, 0.5) is 0 Å². The van der Waals surface area contributed by atoms with Crippen molar-refractivity contribution in [2.75, 3.05) is 26.3 Å². The summed E-state index contributed by atoms with van der Waals surface area (Å²) in [6.07, 6.45) is 1.42. The van der Waals surface area contributed by atoms with Gasteiger partial charge in [0.2, 0.25) is 0 Å². The minimum Gasteiger partial charge on any atom is -0.484 e. The minimum atomic E-state index is -0.151. The molecule has 1 saturated heterocycles. The van der Waals surface area contributed by atoms with Gasteiger partial charge in [-0.1, -0.05) is 29.3 Å². The second-order valence-corrected chi connectivity index (χ2v) is 7.50. The molecule has 2 amide bonds. The summed E-state index contributed by atoms with van der Waals surface area (Å²) in [4.78, 5) is 26.2. The lowest BCUT2D eigenvalue weighted by Crippen LogP contribution is -2.48. The van der Waals surface area contributed by atoms with Gasteiger partial charge in [0.15, 0.2) is 13.2 Å². The molecule has 0 aromatic heterocycles. The Balaban J connectivity index is 1.34. The number of rotatable bonds is 7. The highest BCUT2D eigenvalue weighted by atomic mass is 35.5. The van der Waals surface area contributed by atoms with Gasteiger partial charge in [0.05, 0.1) is 0 Å². The maximum atomic E-state index is 12.3. The highest BCUT2D eigenvalue weighted by Gasteiger charge is 2.24. The van der Waals surface area contributed by atoms with Crippen molar-refractivity contribution in [3.63, 3.8) is 0 Å². The molecular formula is C22H25ClN2O4. The molecule has 1 aliphatic rings. The normalized spacial score (nSPS) is 14.3. The van der Waals surface area contributed by atoms with E-state index in [0.29, 0.717) is 42.5 Å². The number of piperidine rings is 1. The molecule has 3 rings (SSSR count). The second kappa shape index (κ2) is 10.2. The van der Waals surface area contributed by atoms with E-state index in [9.17, 15) is 9.59 Å². The first-order valence-corrected chi connectivity index (χ1v) is 10.0. The van der Waals surface area contributed by atoms with Crippen LogP contribution < -0.4 is 14.8 Å². The van der Waals surface area contributed by atoms with Gasteiger partial charge in [0.25, 0.3) is 11.8 Å². The number of benzene rings is 2. The lowest BCUT2D eigenvalue weighted by Gasteiger charge is -2.32. The molecule has 0 saturated carbocycles. The lowest BCUT2D eigenvalue weighted by atomic mass is 10.1. The Morgan fingerprint density at radius 1 is 0.966 bits per heavy atom. The number of carbonyl (C=O) groups excluding carboxylic acids is 2. The monoisotopic (exact) mass is 416 g/mol. The number of halogens is 1. The van der Waals surface area contributed by atoms with Gasteiger partial charge >= 0.3 is 0 Å². The number of amides is 2. The van der Waals surface area contributed by atoms with Crippen LogP contribution in [-0.4, -0.2) is 49.1 Å². The second-order valence-electron chi connectivity index (χ2n) is 7.07. The fourth-order valence-electron chi connectivity index (χ4n) is 3.09. The first kappa shape index (κ1) is 21.0. The van der Waals surface area contributed by atoms with Gasteiger partial charge in [-0.2, -0.15) is 0 Å². The number of carbonyl (C=O) groups is 2. The number of aryl methyl sites for hydroxylation is 1. The summed E-state index contributed by atoms with van der Waals surface area (Å²) in [5.74, 6) is 1.07. The van der Waals surface area contributed by atoms with Gasteiger partial charge in [0, 0.05) is 24.2 Å². The summed E-state index contributed by atoms with van der Waals surface area (Å²) in [5.41, 5.74) is 1.14. The maximum Gasteiger partial charge on any atom is 0.260 e. The summed E-state index contributed by atoms with van der Waals surface area (Å²) in [6.45, 7) is 3.15. The van der Waals surface area contributed by atoms with Crippen LogP contribution in [0.25, 0.3) is 0 Å². The number of nitrogens with zero attached hydrogens (tertiary/aromatic N) is 1. The highest BCUT2D eigenvalue weighted by Crippen LogP contribution is 2.16. The quantitative estimate of drug-likeness (QED) is 0.752. The van der Waals surface area contributed by atoms with Crippen molar-refractivity contribution in [3.05, 3.63) is 59.1 Å². The zero-order valence-electron chi connectivity index (χ0n) is 16.4. The fraction of sp³-hybridized carbons (Fsp3) is 0.364. The molecule has 1 N–H and O–H groups in total. The van der Waals surface area contributed by atoms with Crippen LogP contribution in [0.15, 0.2) is 48.5 Å². The molecule has 7 heteroatoms. The molecule has 0 radical (unpaired) electrons. The van der Waals surface area contributed by atoms with Crippen molar-refractivity contribution in [2.24, 2.45) is 0 Å². The van der Waals surface area contributed by atoms with Crippen LogP contribution in [-0.2, 0) is 9.59 Å². The van der Waals surface area contributed by atoms with Crippen molar-refractivity contribution in [1.82, 2.24) is 10.2 Å². The van der Waals surface area contributed by atoms with Gasteiger partial charge in [0.1, 0.15) is 11.5 Å². The van der Waals surface area contributed by atoms with E-state index in [0.717, 1.165) is 5.56 Å². The molecule has 0 atom stereocenters. The summed E-state index contributed by atoms with van der Waals surface area (Å²) in [7, 11) is 0. The Kier molecular flexibility index (Phi) is 7.36. The molecule has 154 valence electrons. The van der Waals surface area contributed by atoms with Crippen molar-refractivity contribution in [1.29, 1.82) is 0 Å². The van der Waals surface area contributed by atoms with E-state index >= 15 is 0 Å². The first-order valence-electron chi connectivity index (χ1n) is 9.64. The predicted octanol–water partition coefficient (Wildman–Crippen LogP) is 3.21. The highest BCUT2D eigenvalue weighted by molar-refractivity contribution is 6.30. The molecule has 2 aromatic rings. The van der Waals surface area contributed by atoms with E-state index in [-0.39, 0.29) is 31.1 Å². The van der Waals surface area contributed by atoms with E-state index < -0.39 is 0 Å². The van der Waals surface area contributed by atoms with Crippen molar-refractivity contribution in [2.45, 2.75) is 25.8 Å². The molecule has 1 heterocycles. The Morgan fingerprint density at radius 3 is 2.14 bits per heavy atom. The fourth-order valence-corrected chi connectivity index (χ4v) is 3.22. The van der Waals surface area contributed by atoms with Crippen molar-refractivity contribution < 1.29 is 19.1 Å². The van der Waals surface area contributed by atoms with E-state index in [1.54, 1.807) is 29.2 Å². The van der Waals surface area contributed by atoms with Gasteiger partial charge in [-0.05, 0) is 56.2 Å². The molecule has 29 heavy (non-hydrogen) atoms. The van der Waals surface area contributed by atoms with E-state index in [2.05, 4.69) is 5.32 Å². The standard InChI is InChI=1S/C22H25ClN2O4/c1-16-2-6-19(7-3-16)28-14-21(26)24-18-10-12-25(13-11-18)22(27)15-29-20-8-4-17(23)5-9-20/h2-9,18H,10-15H2,1H3,(H,24,26). The predicted molar refractivity (Wildman–Crippen MR) is 111 cm³/mol. The summed E-state index contributed by atoms with van der Waals surface area (Å²) in [6, 6.07) is 14.5. The molecule has 1 aliphatic heterocycles. The van der Waals surface area contributed by atoms with Gasteiger partial charge in [-0.25, -0.2) is 0 Å². The molecule has 1 fully saturated rings. The number of likely N-dealkylation sites (tertiary alicyclic amines) is 1. The lowest BCUT2D eigenvalue weighted by molar-refractivity contribution is -0.134. The van der Waals surface area contributed by atoms with E-state index in [1.807, 2.05) is 31.2 Å². The van der Waals surface area contributed by atoms with E-state index in [4.69, 9.17) is 21.1 Å². The summed E-state index contributed by atoms with van der Waals surface area (Å²) in [5, 5.41) is 3.60. The summed E-state index contributed by atoms with van der Waals surface area (Å²) >= 11 is 5.83. The van der Waals surface area contributed by atoms with Gasteiger partial charge in [-0.3, -0.25) is 9.59 Å². The van der Waals surface area contributed by atoms with Crippen LogP contribution >= 0.6 is 11.6 Å². The number of hydrogen-bond acceptors (Lipinski definition) is 4. The third-order valence-electron chi connectivity index (χ3n) is 4.78. The van der Waals surface area contributed by atoms with E-state index in [1.165, 1.54) is 0 Å². The van der Waals surface area contributed by atoms with Crippen LogP contribution in [0.1, 0.15) is 18.4 Å². The third-order valence-corrected chi connectivity index (χ3v) is 5.03. The molecule has 0 unspecified atom stereocenters. The van der Waals surface area contributed by atoms with Crippen molar-refractivity contribution >= 4 is 23.4 Å². The zero-order chi connectivity index (χ0) is 20.6. The Bertz CT molecular complexity index is 816. The van der Waals surface area contributed by atoms with Crippen LogP contribution in [0.2, 0.25) is 5.02 Å². The Hall–Kier alpha value is -2.73. The molecule has 2 aromatic carbocycles. The molecular weight excluding hydrogens is 392 g/mol. The summed E-state index contributed by atoms with van der Waals surface area (Å²) < 4.78 is 11.0.